The van der Waals surface area contributed by atoms with E-state index in [2.05, 4.69) is 0 Å². The number of allylic oxidation sites excluding steroid dienone is 1. The Labute approximate surface area is 117 Å². The summed E-state index contributed by atoms with van der Waals surface area (Å²) in [5.41, 5.74) is 1.38. The quantitative estimate of drug-likeness (QED) is 0.586. The molecule has 0 amide bonds. The van der Waals surface area contributed by atoms with Gasteiger partial charge >= 0.3 is 0 Å². The summed E-state index contributed by atoms with van der Waals surface area (Å²) in [6.07, 6.45) is 11.0. The predicted octanol–water partition coefficient (Wildman–Crippen LogP) is 3.60. The van der Waals surface area contributed by atoms with Gasteiger partial charge in [-0.15, -0.1) is 0 Å². The molecule has 1 saturated carbocycles. The molecule has 2 aliphatic rings. The van der Waals surface area contributed by atoms with Crippen LogP contribution in [0.2, 0.25) is 0 Å². The fourth-order valence-corrected chi connectivity index (χ4v) is 4.98. The maximum Gasteiger partial charge on any atom is 0.155 e. The van der Waals surface area contributed by atoms with Crippen LogP contribution in [-0.2, 0) is 14.6 Å². The molecule has 2 rings (SSSR count). The third-order valence-corrected chi connectivity index (χ3v) is 7.35. The summed E-state index contributed by atoms with van der Waals surface area (Å²) in [5.74, 6) is 0.352. The highest BCUT2D eigenvalue weighted by Gasteiger charge is 2.39. The smallest absolute Gasteiger partial charge is 0.155 e. The first kappa shape index (κ1) is 14.9. The summed E-state index contributed by atoms with van der Waals surface area (Å²) in [7, 11) is -2.96. The number of ether oxygens (including phenoxy) is 1. The highest BCUT2D eigenvalue weighted by Crippen LogP contribution is 2.33. The van der Waals surface area contributed by atoms with Gasteiger partial charge in [-0.2, -0.15) is 0 Å². The monoisotopic (exact) mass is 286 g/mol. The molecular formula is C15H26O3S. The molecule has 0 spiro atoms. The van der Waals surface area contributed by atoms with Crippen molar-refractivity contribution in [2.24, 2.45) is 0 Å². The van der Waals surface area contributed by atoms with Crippen LogP contribution in [0.4, 0.5) is 0 Å². The average Bonchev–Trinajstić information content (AvgIpc) is 2.82. The van der Waals surface area contributed by atoms with Crippen molar-refractivity contribution in [2.75, 3.05) is 12.4 Å². The number of hydrogen-bond acceptors (Lipinski definition) is 3. The van der Waals surface area contributed by atoms with E-state index < -0.39 is 14.6 Å². The van der Waals surface area contributed by atoms with Crippen molar-refractivity contribution in [2.45, 2.75) is 69.5 Å². The van der Waals surface area contributed by atoms with Crippen molar-refractivity contribution in [1.82, 2.24) is 0 Å². The summed E-state index contributed by atoms with van der Waals surface area (Å²) < 4.78 is 29.6. The molecule has 0 aromatic carbocycles. The number of rotatable bonds is 4. The van der Waals surface area contributed by atoms with E-state index in [1.807, 2.05) is 13.2 Å². The van der Waals surface area contributed by atoms with E-state index in [9.17, 15) is 8.42 Å². The van der Waals surface area contributed by atoms with Gasteiger partial charge in [-0.1, -0.05) is 12.8 Å². The number of sulfone groups is 1. The molecule has 0 aromatic rings. The third-order valence-electron chi connectivity index (χ3n) is 4.61. The zero-order chi connectivity index (χ0) is 13.8. The minimum absolute atomic E-state index is 0.352. The maximum absolute atomic E-state index is 12.3. The van der Waals surface area contributed by atoms with Crippen LogP contribution >= 0.6 is 0 Å². The first-order chi connectivity index (χ1) is 9.04. The fraction of sp³-hybridized carbons (Fsp3) is 0.867. The Bertz CT molecular complexity index is 417. The average molecular weight is 286 g/mol. The SMILES string of the molecule is CC1(CCOC=C2CCCC2)CCCCCS1(=O)=O. The van der Waals surface area contributed by atoms with E-state index in [1.165, 1.54) is 18.4 Å². The van der Waals surface area contributed by atoms with E-state index in [-0.39, 0.29) is 0 Å². The highest BCUT2D eigenvalue weighted by molar-refractivity contribution is 7.92. The van der Waals surface area contributed by atoms with Crippen LogP contribution in [0, 0.1) is 0 Å². The molecular weight excluding hydrogens is 260 g/mol. The lowest BCUT2D eigenvalue weighted by Gasteiger charge is -2.27. The molecule has 0 N–H and O–H groups in total. The molecule has 19 heavy (non-hydrogen) atoms. The molecule has 0 radical (unpaired) electrons. The van der Waals surface area contributed by atoms with E-state index in [4.69, 9.17) is 4.74 Å². The van der Waals surface area contributed by atoms with Crippen LogP contribution < -0.4 is 0 Å². The van der Waals surface area contributed by atoms with Gasteiger partial charge < -0.3 is 4.74 Å². The van der Waals surface area contributed by atoms with Gasteiger partial charge in [0.05, 0.1) is 23.4 Å². The highest BCUT2D eigenvalue weighted by atomic mass is 32.2. The second-order valence-electron chi connectivity index (χ2n) is 6.18. The topological polar surface area (TPSA) is 43.4 Å². The van der Waals surface area contributed by atoms with Gasteiger partial charge in [0.25, 0.3) is 0 Å². The molecule has 0 bridgehead atoms. The van der Waals surface area contributed by atoms with Crippen molar-refractivity contribution in [1.29, 1.82) is 0 Å². The maximum atomic E-state index is 12.3. The molecule has 0 aromatic heterocycles. The van der Waals surface area contributed by atoms with E-state index in [0.29, 0.717) is 18.8 Å². The molecule has 1 atom stereocenters. The van der Waals surface area contributed by atoms with E-state index in [0.717, 1.165) is 38.5 Å². The third kappa shape index (κ3) is 3.74. The summed E-state index contributed by atoms with van der Waals surface area (Å²) in [5, 5.41) is 0. The molecule has 2 fully saturated rings. The second-order valence-corrected chi connectivity index (χ2v) is 8.81. The lowest BCUT2D eigenvalue weighted by atomic mass is 9.99. The minimum Gasteiger partial charge on any atom is -0.501 e. The molecule has 1 aliphatic carbocycles. The molecule has 3 nitrogen and oxygen atoms in total. The first-order valence-electron chi connectivity index (χ1n) is 7.55. The Hall–Kier alpha value is -0.510. The van der Waals surface area contributed by atoms with Gasteiger partial charge in [0, 0.05) is 6.42 Å². The second kappa shape index (κ2) is 6.29. The van der Waals surface area contributed by atoms with Gasteiger partial charge in [-0.25, -0.2) is 8.42 Å². The van der Waals surface area contributed by atoms with E-state index >= 15 is 0 Å². The summed E-state index contributed by atoms with van der Waals surface area (Å²) >= 11 is 0. The standard InChI is InChI=1S/C15H26O3S/c1-15(9-5-2-6-12-19(15,16)17)10-11-18-13-14-7-3-4-8-14/h13H,2-12H2,1H3. The molecule has 1 aliphatic heterocycles. The molecule has 110 valence electrons. The molecule has 4 heteroatoms. The Morgan fingerprint density at radius 2 is 1.89 bits per heavy atom. The van der Waals surface area contributed by atoms with Crippen LogP contribution in [0.5, 0.6) is 0 Å². The fourth-order valence-electron chi connectivity index (χ4n) is 3.05. The van der Waals surface area contributed by atoms with Gasteiger partial charge in [-0.05, 0) is 51.0 Å². The minimum atomic E-state index is -2.96. The van der Waals surface area contributed by atoms with Crippen molar-refractivity contribution in [3.63, 3.8) is 0 Å². The van der Waals surface area contributed by atoms with Crippen LogP contribution in [0.25, 0.3) is 0 Å². The van der Waals surface area contributed by atoms with Crippen molar-refractivity contribution in [3.8, 4) is 0 Å². The Kier molecular flexibility index (Phi) is 4.93. The number of hydrogen-bond donors (Lipinski definition) is 0. The summed E-state index contributed by atoms with van der Waals surface area (Å²) in [6.45, 7) is 2.43. The normalized spacial score (nSPS) is 30.9. The molecule has 1 saturated heterocycles. The lowest BCUT2D eigenvalue weighted by Crippen LogP contribution is -2.37. The first-order valence-corrected chi connectivity index (χ1v) is 9.21. The largest absolute Gasteiger partial charge is 0.501 e. The van der Waals surface area contributed by atoms with Gasteiger partial charge in [0.2, 0.25) is 0 Å². The zero-order valence-corrected chi connectivity index (χ0v) is 12.8. The Morgan fingerprint density at radius 1 is 1.16 bits per heavy atom. The van der Waals surface area contributed by atoms with Gasteiger partial charge in [0.15, 0.2) is 9.84 Å². The van der Waals surface area contributed by atoms with Crippen LogP contribution in [0.1, 0.15) is 64.7 Å². The molecule has 1 heterocycles. The van der Waals surface area contributed by atoms with Crippen LogP contribution in [0.3, 0.4) is 0 Å². The van der Waals surface area contributed by atoms with Gasteiger partial charge in [0.1, 0.15) is 0 Å². The van der Waals surface area contributed by atoms with Gasteiger partial charge in [-0.3, -0.25) is 0 Å². The van der Waals surface area contributed by atoms with Crippen molar-refractivity contribution >= 4 is 9.84 Å². The summed E-state index contributed by atoms with van der Waals surface area (Å²) in [6, 6.07) is 0. The zero-order valence-electron chi connectivity index (χ0n) is 12.0. The summed E-state index contributed by atoms with van der Waals surface area (Å²) in [4.78, 5) is 0. The van der Waals surface area contributed by atoms with E-state index in [1.54, 1.807) is 0 Å². The van der Waals surface area contributed by atoms with Crippen LogP contribution in [-0.4, -0.2) is 25.5 Å². The van der Waals surface area contributed by atoms with Crippen molar-refractivity contribution in [3.05, 3.63) is 11.8 Å². The van der Waals surface area contributed by atoms with Crippen molar-refractivity contribution < 1.29 is 13.2 Å². The lowest BCUT2D eigenvalue weighted by molar-refractivity contribution is 0.224. The Morgan fingerprint density at radius 3 is 2.63 bits per heavy atom. The van der Waals surface area contributed by atoms with Crippen LogP contribution in [0.15, 0.2) is 11.8 Å². The Balaban J connectivity index is 1.87. The predicted molar refractivity (Wildman–Crippen MR) is 77.8 cm³/mol. The molecule has 1 unspecified atom stereocenters.